The first-order chi connectivity index (χ1) is 10.7. The van der Waals surface area contributed by atoms with E-state index in [0.29, 0.717) is 31.9 Å². The highest BCUT2D eigenvalue weighted by atomic mass is 16.5. The second kappa shape index (κ2) is 6.52. The number of carbonyl (C=O) groups is 2. The number of rotatable bonds is 6. The summed E-state index contributed by atoms with van der Waals surface area (Å²) in [5.41, 5.74) is 0.706. The van der Waals surface area contributed by atoms with Gasteiger partial charge in [0.05, 0.1) is 12.6 Å². The van der Waals surface area contributed by atoms with Gasteiger partial charge in [0, 0.05) is 38.9 Å². The normalized spacial score (nSPS) is 21.4. The zero-order valence-electron chi connectivity index (χ0n) is 13.0. The van der Waals surface area contributed by atoms with Gasteiger partial charge in [-0.05, 0) is 25.0 Å². The maximum atomic E-state index is 12.6. The van der Waals surface area contributed by atoms with E-state index in [9.17, 15) is 9.59 Å². The van der Waals surface area contributed by atoms with Gasteiger partial charge in [0.15, 0.2) is 0 Å². The van der Waals surface area contributed by atoms with Gasteiger partial charge in [0.25, 0.3) is 5.91 Å². The van der Waals surface area contributed by atoms with Crippen molar-refractivity contribution in [3.05, 3.63) is 24.0 Å². The van der Waals surface area contributed by atoms with Crippen LogP contribution in [-0.2, 0) is 16.1 Å². The molecule has 1 aliphatic carbocycles. The summed E-state index contributed by atoms with van der Waals surface area (Å²) >= 11 is 0. The average Bonchev–Trinajstić information content (AvgIpc) is 2.91. The molecule has 0 aromatic carbocycles. The van der Waals surface area contributed by atoms with Gasteiger partial charge in [0.2, 0.25) is 5.91 Å². The van der Waals surface area contributed by atoms with Crippen molar-refractivity contribution in [3.63, 3.8) is 0 Å². The summed E-state index contributed by atoms with van der Waals surface area (Å²) in [5.74, 6) is 0.314. The smallest absolute Gasteiger partial charge is 0.270 e. The fourth-order valence-electron chi connectivity index (χ4n) is 3.09. The first-order valence-electron chi connectivity index (χ1n) is 7.93. The topological polar surface area (TPSA) is 63.6 Å². The number of methoxy groups -OCH3 is 1. The Bertz CT molecular complexity index is 551. The number of amides is 2. The van der Waals surface area contributed by atoms with Crippen molar-refractivity contribution >= 4 is 11.8 Å². The summed E-state index contributed by atoms with van der Waals surface area (Å²) in [6.07, 6.45) is 5.05. The van der Waals surface area contributed by atoms with Crippen LogP contribution in [0, 0.1) is 5.92 Å². The van der Waals surface area contributed by atoms with Crippen molar-refractivity contribution in [2.24, 2.45) is 5.92 Å². The van der Waals surface area contributed by atoms with Crippen LogP contribution in [0.2, 0.25) is 0 Å². The Labute approximate surface area is 130 Å². The molecular formula is C16H23N3O3. The quantitative estimate of drug-likeness (QED) is 0.848. The summed E-state index contributed by atoms with van der Waals surface area (Å²) in [6, 6.07) is 3.70. The fourth-order valence-corrected chi connectivity index (χ4v) is 3.09. The minimum absolute atomic E-state index is 0.0104. The van der Waals surface area contributed by atoms with Crippen LogP contribution in [0.15, 0.2) is 18.3 Å². The summed E-state index contributed by atoms with van der Waals surface area (Å²) < 4.78 is 7.08. The number of aromatic nitrogens is 1. The molecular weight excluding hydrogens is 282 g/mol. The van der Waals surface area contributed by atoms with E-state index in [4.69, 9.17) is 4.74 Å². The molecule has 0 saturated heterocycles. The first kappa shape index (κ1) is 15.1. The maximum Gasteiger partial charge on any atom is 0.270 e. The highest BCUT2D eigenvalue weighted by Gasteiger charge is 2.33. The Hall–Kier alpha value is -1.82. The van der Waals surface area contributed by atoms with Crippen molar-refractivity contribution in [3.8, 4) is 0 Å². The fraction of sp³-hybridized carbons (Fsp3) is 0.625. The Morgan fingerprint density at radius 3 is 2.95 bits per heavy atom. The largest absolute Gasteiger partial charge is 0.383 e. The van der Waals surface area contributed by atoms with Gasteiger partial charge >= 0.3 is 0 Å². The van der Waals surface area contributed by atoms with Crippen LogP contribution in [0.3, 0.4) is 0 Å². The second-order valence-electron chi connectivity index (χ2n) is 6.06. The molecule has 1 aromatic rings. The van der Waals surface area contributed by atoms with Gasteiger partial charge in [0.1, 0.15) is 5.69 Å². The molecule has 1 unspecified atom stereocenters. The van der Waals surface area contributed by atoms with E-state index >= 15 is 0 Å². The van der Waals surface area contributed by atoms with Crippen LogP contribution >= 0.6 is 0 Å². The zero-order chi connectivity index (χ0) is 15.5. The Kier molecular flexibility index (Phi) is 4.47. The molecule has 2 amide bonds. The van der Waals surface area contributed by atoms with Gasteiger partial charge < -0.3 is 19.5 Å². The van der Waals surface area contributed by atoms with E-state index in [1.54, 1.807) is 7.11 Å². The molecule has 1 aliphatic heterocycles. The highest BCUT2D eigenvalue weighted by Crippen LogP contribution is 2.26. The Morgan fingerprint density at radius 2 is 2.27 bits per heavy atom. The number of fused-ring (bicyclic) bond motifs is 1. The van der Waals surface area contributed by atoms with Crippen LogP contribution in [0.1, 0.15) is 29.8 Å². The standard InChI is InChI=1S/C16H23N3O3/c1-22-9-8-19-13(10-17-15(20)12-4-2-5-12)11-18-7-3-6-14(18)16(19)21/h3,6-7,12-13H,2,4-5,8-11H2,1H3,(H,17,20). The molecule has 1 fully saturated rings. The van der Waals surface area contributed by atoms with Crippen LogP contribution < -0.4 is 5.32 Å². The number of ether oxygens (including phenoxy) is 1. The van der Waals surface area contributed by atoms with Crippen LogP contribution in [0.4, 0.5) is 0 Å². The van der Waals surface area contributed by atoms with Crippen molar-refractivity contribution < 1.29 is 14.3 Å². The van der Waals surface area contributed by atoms with Crippen LogP contribution in [-0.4, -0.2) is 54.1 Å². The molecule has 1 N–H and O–H groups in total. The predicted molar refractivity (Wildman–Crippen MR) is 81.5 cm³/mol. The monoisotopic (exact) mass is 305 g/mol. The van der Waals surface area contributed by atoms with Crippen molar-refractivity contribution in [2.45, 2.75) is 31.8 Å². The van der Waals surface area contributed by atoms with Crippen molar-refractivity contribution in [1.82, 2.24) is 14.8 Å². The second-order valence-corrected chi connectivity index (χ2v) is 6.06. The van der Waals surface area contributed by atoms with Crippen molar-refractivity contribution in [1.29, 1.82) is 0 Å². The van der Waals surface area contributed by atoms with Gasteiger partial charge in [-0.2, -0.15) is 0 Å². The first-order valence-corrected chi connectivity index (χ1v) is 7.93. The molecule has 1 atom stereocenters. The van der Waals surface area contributed by atoms with Gasteiger partial charge in [-0.25, -0.2) is 0 Å². The van der Waals surface area contributed by atoms with E-state index in [0.717, 1.165) is 19.3 Å². The molecule has 1 aromatic heterocycles. The summed E-state index contributed by atoms with van der Waals surface area (Å²) in [5, 5.41) is 3.02. The maximum absolute atomic E-state index is 12.6. The zero-order valence-corrected chi connectivity index (χ0v) is 13.0. The lowest BCUT2D eigenvalue weighted by Gasteiger charge is -2.37. The molecule has 2 heterocycles. The number of hydrogen-bond donors (Lipinski definition) is 1. The molecule has 6 heteroatoms. The third-order valence-electron chi connectivity index (χ3n) is 4.68. The van der Waals surface area contributed by atoms with Crippen LogP contribution in [0.5, 0.6) is 0 Å². The number of nitrogens with zero attached hydrogens (tertiary/aromatic N) is 2. The molecule has 1 saturated carbocycles. The third-order valence-corrected chi connectivity index (χ3v) is 4.68. The van der Waals surface area contributed by atoms with E-state index in [2.05, 4.69) is 5.32 Å². The third kappa shape index (κ3) is 2.88. The molecule has 120 valence electrons. The number of nitrogens with one attached hydrogen (secondary N) is 1. The minimum Gasteiger partial charge on any atom is -0.383 e. The lowest BCUT2D eigenvalue weighted by Crippen LogP contribution is -2.54. The van der Waals surface area contributed by atoms with Crippen molar-refractivity contribution in [2.75, 3.05) is 26.8 Å². The SMILES string of the molecule is COCCN1C(=O)c2cccn2CC1CNC(=O)C1CCC1. The van der Waals surface area contributed by atoms with Gasteiger partial charge in [-0.1, -0.05) is 6.42 Å². The van der Waals surface area contributed by atoms with E-state index in [1.165, 1.54) is 0 Å². The molecule has 3 rings (SSSR count). The molecule has 22 heavy (non-hydrogen) atoms. The summed E-state index contributed by atoms with van der Waals surface area (Å²) in [6.45, 7) is 2.26. The minimum atomic E-state index is -0.0217. The van der Waals surface area contributed by atoms with Gasteiger partial charge in [-0.15, -0.1) is 0 Å². The summed E-state index contributed by atoms with van der Waals surface area (Å²) in [4.78, 5) is 26.4. The summed E-state index contributed by atoms with van der Waals surface area (Å²) in [7, 11) is 1.63. The van der Waals surface area contributed by atoms with Crippen LogP contribution in [0.25, 0.3) is 0 Å². The number of hydrogen-bond acceptors (Lipinski definition) is 3. The molecule has 6 nitrogen and oxygen atoms in total. The van der Waals surface area contributed by atoms with E-state index in [-0.39, 0.29) is 23.8 Å². The molecule has 0 spiro atoms. The molecule has 0 radical (unpaired) electrons. The van der Waals surface area contributed by atoms with E-state index < -0.39 is 0 Å². The lowest BCUT2D eigenvalue weighted by atomic mass is 9.85. The Balaban J connectivity index is 1.66. The Morgan fingerprint density at radius 1 is 1.45 bits per heavy atom. The van der Waals surface area contributed by atoms with E-state index in [1.807, 2.05) is 27.8 Å². The highest BCUT2D eigenvalue weighted by molar-refractivity contribution is 5.93. The van der Waals surface area contributed by atoms with Gasteiger partial charge in [-0.3, -0.25) is 9.59 Å². The predicted octanol–water partition coefficient (Wildman–Crippen LogP) is 0.875. The average molecular weight is 305 g/mol. The molecule has 2 aliphatic rings. The lowest BCUT2D eigenvalue weighted by molar-refractivity contribution is -0.127. The number of carbonyl (C=O) groups excluding carboxylic acids is 2. The molecule has 0 bridgehead atoms.